The van der Waals surface area contributed by atoms with Crippen molar-refractivity contribution in [1.29, 1.82) is 5.26 Å². The zero-order valence-electron chi connectivity index (χ0n) is 15.3. The van der Waals surface area contributed by atoms with Crippen molar-refractivity contribution in [3.8, 4) is 11.8 Å². The van der Waals surface area contributed by atoms with E-state index < -0.39 is 5.91 Å². The first-order valence-electron chi connectivity index (χ1n) is 8.95. The van der Waals surface area contributed by atoms with Gasteiger partial charge in [-0.15, -0.1) is 0 Å². The Balaban J connectivity index is 1.59. The van der Waals surface area contributed by atoms with Gasteiger partial charge < -0.3 is 10.1 Å². The highest BCUT2D eigenvalue weighted by Crippen LogP contribution is 2.16. The van der Waals surface area contributed by atoms with Crippen LogP contribution >= 0.6 is 0 Å². The number of rotatable bonds is 7. The summed E-state index contributed by atoms with van der Waals surface area (Å²) in [5.74, 6) is 0.337. The second kappa shape index (κ2) is 9.75. The number of carbonyl (C=O) groups excluding carboxylic acids is 1. The van der Waals surface area contributed by atoms with Crippen LogP contribution in [-0.4, -0.2) is 5.91 Å². The maximum Gasteiger partial charge on any atom is 0.262 e. The molecule has 4 heteroatoms. The summed E-state index contributed by atoms with van der Waals surface area (Å²) < 4.78 is 5.75. The molecule has 0 bridgehead atoms. The molecule has 0 saturated carbocycles. The van der Waals surface area contributed by atoms with Crippen LogP contribution in [-0.2, 0) is 17.9 Å². The van der Waals surface area contributed by atoms with E-state index in [-0.39, 0.29) is 5.57 Å². The molecule has 0 aliphatic carbocycles. The fourth-order valence-electron chi connectivity index (χ4n) is 2.59. The topological polar surface area (TPSA) is 62.1 Å². The number of carbonyl (C=O) groups is 1. The molecule has 138 valence electrons. The first-order valence-corrected chi connectivity index (χ1v) is 8.95. The molecule has 4 nitrogen and oxygen atoms in total. The van der Waals surface area contributed by atoms with Gasteiger partial charge in [0.15, 0.2) is 0 Å². The Kier molecular flexibility index (Phi) is 6.59. The van der Waals surface area contributed by atoms with Crippen molar-refractivity contribution in [3.05, 3.63) is 107 Å². The zero-order valence-corrected chi connectivity index (χ0v) is 15.3. The smallest absolute Gasteiger partial charge is 0.262 e. The molecule has 3 aromatic carbocycles. The Morgan fingerprint density at radius 2 is 1.50 bits per heavy atom. The van der Waals surface area contributed by atoms with Crippen molar-refractivity contribution in [3.63, 3.8) is 0 Å². The summed E-state index contributed by atoms with van der Waals surface area (Å²) >= 11 is 0. The van der Waals surface area contributed by atoms with E-state index in [2.05, 4.69) is 5.32 Å². The van der Waals surface area contributed by atoms with Crippen molar-refractivity contribution >= 4 is 12.0 Å². The van der Waals surface area contributed by atoms with Crippen molar-refractivity contribution in [2.75, 3.05) is 0 Å². The van der Waals surface area contributed by atoms with Crippen molar-refractivity contribution in [2.24, 2.45) is 0 Å². The molecule has 0 radical (unpaired) electrons. The van der Waals surface area contributed by atoms with Gasteiger partial charge in [0.1, 0.15) is 24.0 Å². The maximum atomic E-state index is 12.3. The molecule has 1 amide bonds. The summed E-state index contributed by atoms with van der Waals surface area (Å²) in [7, 11) is 0. The molecule has 3 rings (SSSR count). The monoisotopic (exact) mass is 368 g/mol. The second-order valence-electron chi connectivity index (χ2n) is 6.18. The average Bonchev–Trinajstić information content (AvgIpc) is 2.76. The van der Waals surface area contributed by atoms with Crippen molar-refractivity contribution in [1.82, 2.24) is 5.32 Å². The van der Waals surface area contributed by atoms with E-state index in [4.69, 9.17) is 4.74 Å². The molecule has 0 heterocycles. The minimum Gasteiger partial charge on any atom is -0.489 e. The van der Waals surface area contributed by atoms with Gasteiger partial charge in [-0.3, -0.25) is 4.79 Å². The highest BCUT2D eigenvalue weighted by Gasteiger charge is 2.08. The Labute approximate surface area is 164 Å². The Hall–Kier alpha value is -3.84. The van der Waals surface area contributed by atoms with E-state index >= 15 is 0 Å². The van der Waals surface area contributed by atoms with Crippen LogP contribution in [0, 0.1) is 11.3 Å². The summed E-state index contributed by atoms with van der Waals surface area (Å²) in [6.45, 7) is 0.867. The molecular weight excluding hydrogens is 348 g/mol. The van der Waals surface area contributed by atoms with Crippen LogP contribution in [0.25, 0.3) is 6.08 Å². The summed E-state index contributed by atoms with van der Waals surface area (Å²) in [5.41, 5.74) is 2.90. The fraction of sp³-hybridized carbons (Fsp3) is 0.0833. The minimum atomic E-state index is -0.393. The highest BCUT2D eigenvalue weighted by molar-refractivity contribution is 6.01. The molecule has 0 saturated heterocycles. The number of amides is 1. The van der Waals surface area contributed by atoms with E-state index in [1.807, 2.05) is 91.0 Å². The van der Waals surface area contributed by atoms with Crippen LogP contribution in [0.5, 0.6) is 5.75 Å². The lowest BCUT2D eigenvalue weighted by atomic mass is 10.1. The van der Waals surface area contributed by atoms with Gasteiger partial charge in [-0.2, -0.15) is 5.26 Å². The zero-order chi connectivity index (χ0) is 19.6. The minimum absolute atomic E-state index is 0.0638. The molecule has 0 aliphatic rings. The molecule has 0 aromatic heterocycles. The first kappa shape index (κ1) is 18.9. The van der Waals surface area contributed by atoms with Gasteiger partial charge in [0, 0.05) is 6.54 Å². The van der Waals surface area contributed by atoms with Crippen LogP contribution in [0.2, 0.25) is 0 Å². The molecule has 0 aliphatic heterocycles. The van der Waals surface area contributed by atoms with E-state index in [1.54, 1.807) is 6.08 Å². The molecule has 3 aromatic rings. The van der Waals surface area contributed by atoms with Gasteiger partial charge in [-0.25, -0.2) is 0 Å². The lowest BCUT2D eigenvalue weighted by molar-refractivity contribution is -0.117. The standard InChI is InChI=1S/C24H20N2O2/c25-16-22(24(27)26-17-20-7-3-1-4-8-20)15-19-11-13-23(14-12-19)28-18-21-9-5-2-6-10-21/h1-15H,17-18H2,(H,26,27)/b22-15-. The first-order chi connectivity index (χ1) is 13.7. The van der Waals surface area contributed by atoms with Gasteiger partial charge in [-0.1, -0.05) is 72.8 Å². The van der Waals surface area contributed by atoms with Crippen LogP contribution < -0.4 is 10.1 Å². The van der Waals surface area contributed by atoms with Gasteiger partial charge in [0.25, 0.3) is 5.91 Å². The summed E-state index contributed by atoms with van der Waals surface area (Å²) in [6, 6.07) is 28.7. The van der Waals surface area contributed by atoms with E-state index in [1.165, 1.54) is 0 Å². The largest absolute Gasteiger partial charge is 0.489 e. The number of nitrogens with one attached hydrogen (secondary N) is 1. The van der Waals surface area contributed by atoms with Crippen LogP contribution in [0.4, 0.5) is 0 Å². The van der Waals surface area contributed by atoms with Gasteiger partial charge in [-0.05, 0) is 34.9 Å². The molecule has 1 N–H and O–H groups in total. The number of nitriles is 1. The summed E-state index contributed by atoms with van der Waals surface area (Å²) in [5, 5.41) is 12.1. The van der Waals surface area contributed by atoms with E-state index in [0.717, 1.165) is 22.4 Å². The number of nitrogens with zero attached hydrogens (tertiary/aromatic N) is 1. The third-order valence-corrected chi connectivity index (χ3v) is 4.10. The van der Waals surface area contributed by atoms with Gasteiger partial charge in [0.2, 0.25) is 0 Å². The van der Waals surface area contributed by atoms with E-state index in [0.29, 0.717) is 13.2 Å². The van der Waals surface area contributed by atoms with Crippen LogP contribution in [0.1, 0.15) is 16.7 Å². The van der Waals surface area contributed by atoms with Gasteiger partial charge in [0.05, 0.1) is 0 Å². The van der Waals surface area contributed by atoms with E-state index in [9.17, 15) is 10.1 Å². The second-order valence-corrected chi connectivity index (χ2v) is 6.18. The number of hydrogen-bond donors (Lipinski definition) is 1. The fourth-order valence-corrected chi connectivity index (χ4v) is 2.59. The molecule has 0 unspecified atom stereocenters. The maximum absolute atomic E-state index is 12.3. The Bertz CT molecular complexity index is 973. The molecule has 0 atom stereocenters. The predicted octanol–water partition coefficient (Wildman–Crippen LogP) is 4.49. The third-order valence-electron chi connectivity index (χ3n) is 4.10. The number of benzene rings is 3. The molecule has 28 heavy (non-hydrogen) atoms. The van der Waals surface area contributed by atoms with Crippen LogP contribution in [0.15, 0.2) is 90.5 Å². The molecular formula is C24H20N2O2. The summed E-state index contributed by atoms with van der Waals surface area (Å²) in [6.07, 6.45) is 1.57. The highest BCUT2D eigenvalue weighted by atomic mass is 16.5. The normalized spacial score (nSPS) is 10.8. The SMILES string of the molecule is N#C/C(=C/c1ccc(OCc2ccccc2)cc1)C(=O)NCc1ccccc1. The summed E-state index contributed by atoms with van der Waals surface area (Å²) in [4.78, 5) is 12.3. The predicted molar refractivity (Wildman–Crippen MR) is 109 cm³/mol. The van der Waals surface area contributed by atoms with Crippen molar-refractivity contribution < 1.29 is 9.53 Å². The quantitative estimate of drug-likeness (QED) is 0.494. The number of hydrogen-bond acceptors (Lipinski definition) is 3. The molecule has 0 fully saturated rings. The van der Waals surface area contributed by atoms with Gasteiger partial charge >= 0.3 is 0 Å². The lowest BCUT2D eigenvalue weighted by Gasteiger charge is -2.07. The Morgan fingerprint density at radius 3 is 2.11 bits per heavy atom. The number of ether oxygens (including phenoxy) is 1. The van der Waals surface area contributed by atoms with Crippen molar-refractivity contribution in [2.45, 2.75) is 13.2 Å². The average molecular weight is 368 g/mol. The molecule has 0 spiro atoms. The van der Waals surface area contributed by atoms with Crippen LogP contribution in [0.3, 0.4) is 0 Å². The Morgan fingerprint density at radius 1 is 0.893 bits per heavy atom. The third kappa shape index (κ3) is 5.58. The lowest BCUT2D eigenvalue weighted by Crippen LogP contribution is -2.23.